The summed E-state index contributed by atoms with van der Waals surface area (Å²) in [6, 6.07) is 3.97. The van der Waals surface area contributed by atoms with Crippen LogP contribution >= 0.6 is 12.4 Å². The highest BCUT2D eigenvalue weighted by Crippen LogP contribution is 2.29. The highest BCUT2D eigenvalue weighted by Gasteiger charge is 2.37. The van der Waals surface area contributed by atoms with Gasteiger partial charge in [-0.1, -0.05) is 11.6 Å². The third-order valence-corrected chi connectivity index (χ3v) is 5.34. The second-order valence-corrected chi connectivity index (χ2v) is 7.48. The van der Waals surface area contributed by atoms with Crippen LogP contribution in [-0.4, -0.2) is 60.4 Å². The number of halogens is 1. The summed E-state index contributed by atoms with van der Waals surface area (Å²) < 4.78 is 5.85. The zero-order chi connectivity index (χ0) is 18.7. The average Bonchev–Trinajstić information content (AvgIpc) is 3.29. The summed E-state index contributed by atoms with van der Waals surface area (Å²) in [6.07, 6.45) is 3.53. The molecule has 1 aromatic rings. The van der Waals surface area contributed by atoms with E-state index in [0.29, 0.717) is 13.0 Å². The Morgan fingerprint density at radius 1 is 1.33 bits per heavy atom. The van der Waals surface area contributed by atoms with Crippen molar-refractivity contribution in [1.82, 2.24) is 15.1 Å². The van der Waals surface area contributed by atoms with Crippen LogP contribution in [-0.2, 0) is 9.59 Å². The highest BCUT2D eigenvalue weighted by molar-refractivity contribution is 5.86. The van der Waals surface area contributed by atoms with E-state index in [9.17, 15) is 9.59 Å². The van der Waals surface area contributed by atoms with Crippen LogP contribution in [0.3, 0.4) is 0 Å². The minimum atomic E-state index is -0.0804. The number of aryl methyl sites for hydroxylation is 1. The smallest absolute Gasteiger partial charge is 0.239 e. The van der Waals surface area contributed by atoms with Crippen LogP contribution in [0.1, 0.15) is 44.1 Å². The molecule has 3 heterocycles. The number of hydrogen-bond donors (Lipinski definition) is 1. The zero-order valence-corrected chi connectivity index (χ0v) is 17.2. The number of nitrogens with one attached hydrogen (secondary N) is 1. The molecule has 0 saturated carbocycles. The average molecular weight is 396 g/mol. The topological polar surface area (TPSA) is 65.8 Å². The van der Waals surface area contributed by atoms with Crippen LogP contribution in [0.4, 0.5) is 0 Å². The normalized spacial score (nSPS) is 23.6. The van der Waals surface area contributed by atoms with Crippen LogP contribution in [0.25, 0.3) is 0 Å². The lowest BCUT2D eigenvalue weighted by molar-refractivity contribution is -0.133. The zero-order valence-electron chi connectivity index (χ0n) is 16.4. The Morgan fingerprint density at radius 3 is 2.70 bits per heavy atom. The minimum Gasteiger partial charge on any atom is -0.466 e. The molecule has 6 nitrogen and oxygen atoms in total. The number of nitrogens with zero attached hydrogens (tertiary/aromatic N) is 2. The molecule has 2 amide bonds. The molecule has 150 valence electrons. The number of amides is 2. The molecule has 1 N–H and O–H groups in total. The highest BCUT2D eigenvalue weighted by atomic mass is 35.5. The Labute approximate surface area is 167 Å². The summed E-state index contributed by atoms with van der Waals surface area (Å²) in [6.45, 7) is 9.48. The third kappa shape index (κ3) is 5.36. The van der Waals surface area contributed by atoms with Crippen LogP contribution < -0.4 is 5.32 Å². The third-order valence-electron chi connectivity index (χ3n) is 5.34. The van der Waals surface area contributed by atoms with Gasteiger partial charge in [-0.15, -0.1) is 12.4 Å². The molecule has 0 unspecified atom stereocenters. The maximum Gasteiger partial charge on any atom is 0.239 e. The molecule has 0 aliphatic carbocycles. The first-order valence-corrected chi connectivity index (χ1v) is 9.44. The molecule has 0 radical (unpaired) electrons. The molecule has 2 aliphatic heterocycles. The van der Waals surface area contributed by atoms with Crippen LogP contribution in [0.5, 0.6) is 0 Å². The van der Waals surface area contributed by atoms with Crippen LogP contribution in [0.2, 0.25) is 0 Å². The van der Waals surface area contributed by atoms with Crippen LogP contribution in [0, 0.1) is 6.92 Å². The number of carbonyl (C=O) groups is 2. The van der Waals surface area contributed by atoms with Gasteiger partial charge in [0.1, 0.15) is 11.5 Å². The molecular formula is C20H30ClN3O3. The Bertz CT molecular complexity index is 700. The van der Waals surface area contributed by atoms with Gasteiger partial charge in [-0.3, -0.25) is 14.5 Å². The van der Waals surface area contributed by atoms with Crippen molar-refractivity contribution in [3.63, 3.8) is 0 Å². The second kappa shape index (κ2) is 9.42. The van der Waals surface area contributed by atoms with Crippen molar-refractivity contribution < 1.29 is 14.0 Å². The van der Waals surface area contributed by atoms with Crippen molar-refractivity contribution in [3.8, 4) is 0 Å². The fourth-order valence-electron chi connectivity index (χ4n) is 3.84. The number of furan rings is 1. The van der Waals surface area contributed by atoms with Gasteiger partial charge in [0.15, 0.2) is 0 Å². The molecule has 27 heavy (non-hydrogen) atoms. The molecule has 0 aromatic carbocycles. The molecule has 1 aromatic heterocycles. The molecule has 0 spiro atoms. The SMILES string of the molecule is CC=C(C)CN1C[C@H](NC(=O)CN2CCCC2=O)[C@@H](c2ccc(C)o2)C1.Cl. The number of rotatable bonds is 6. The van der Waals surface area contributed by atoms with E-state index in [-0.39, 0.29) is 42.7 Å². The number of likely N-dealkylation sites (tertiary alicyclic amines) is 2. The Morgan fingerprint density at radius 2 is 2.11 bits per heavy atom. The lowest BCUT2D eigenvalue weighted by Crippen LogP contribution is -2.45. The predicted molar refractivity (Wildman–Crippen MR) is 107 cm³/mol. The monoisotopic (exact) mass is 395 g/mol. The number of hydrogen-bond acceptors (Lipinski definition) is 4. The van der Waals surface area contributed by atoms with E-state index in [0.717, 1.165) is 37.6 Å². The maximum absolute atomic E-state index is 12.5. The van der Waals surface area contributed by atoms with E-state index in [2.05, 4.69) is 23.2 Å². The predicted octanol–water partition coefficient (Wildman–Crippen LogP) is 2.48. The first kappa shape index (κ1) is 21.5. The van der Waals surface area contributed by atoms with Gasteiger partial charge >= 0.3 is 0 Å². The number of carbonyl (C=O) groups excluding carboxylic acids is 2. The fraction of sp³-hybridized carbons (Fsp3) is 0.600. The van der Waals surface area contributed by atoms with Gasteiger partial charge < -0.3 is 14.6 Å². The van der Waals surface area contributed by atoms with Crippen molar-refractivity contribution in [2.75, 3.05) is 32.7 Å². The summed E-state index contributed by atoms with van der Waals surface area (Å²) in [5.41, 5.74) is 1.31. The molecule has 2 atom stereocenters. The summed E-state index contributed by atoms with van der Waals surface area (Å²) in [7, 11) is 0. The lowest BCUT2D eigenvalue weighted by Gasteiger charge is -2.21. The van der Waals surface area contributed by atoms with Crippen molar-refractivity contribution >= 4 is 24.2 Å². The first-order valence-electron chi connectivity index (χ1n) is 9.44. The second-order valence-electron chi connectivity index (χ2n) is 7.48. The molecule has 7 heteroatoms. The maximum atomic E-state index is 12.5. The van der Waals surface area contributed by atoms with Gasteiger partial charge in [0.25, 0.3) is 0 Å². The Balaban J connectivity index is 0.00000261. The lowest BCUT2D eigenvalue weighted by atomic mass is 10.0. The summed E-state index contributed by atoms with van der Waals surface area (Å²) >= 11 is 0. The quantitative estimate of drug-likeness (QED) is 0.751. The van der Waals surface area contributed by atoms with E-state index >= 15 is 0 Å². The van der Waals surface area contributed by atoms with Crippen LogP contribution in [0.15, 0.2) is 28.2 Å². The largest absolute Gasteiger partial charge is 0.466 e. The minimum absolute atomic E-state index is 0. The van der Waals surface area contributed by atoms with Crippen molar-refractivity contribution in [2.45, 2.75) is 45.6 Å². The van der Waals surface area contributed by atoms with Gasteiger partial charge in [0.05, 0.1) is 18.5 Å². The molecule has 3 rings (SSSR count). The van der Waals surface area contributed by atoms with Crippen molar-refractivity contribution in [2.24, 2.45) is 0 Å². The number of allylic oxidation sites excluding steroid dienone is 1. The van der Waals surface area contributed by atoms with E-state index in [4.69, 9.17) is 4.42 Å². The summed E-state index contributed by atoms with van der Waals surface area (Å²) in [4.78, 5) is 28.3. The van der Waals surface area contributed by atoms with Crippen molar-refractivity contribution in [1.29, 1.82) is 0 Å². The summed E-state index contributed by atoms with van der Waals surface area (Å²) in [5, 5.41) is 3.15. The van der Waals surface area contributed by atoms with Gasteiger partial charge in [-0.2, -0.15) is 0 Å². The van der Waals surface area contributed by atoms with E-state index in [1.165, 1.54) is 5.57 Å². The summed E-state index contributed by atoms with van der Waals surface area (Å²) in [5.74, 6) is 1.94. The fourth-order valence-corrected chi connectivity index (χ4v) is 3.84. The molecule has 0 bridgehead atoms. The van der Waals surface area contributed by atoms with Gasteiger partial charge in [0.2, 0.25) is 11.8 Å². The molecular weight excluding hydrogens is 366 g/mol. The van der Waals surface area contributed by atoms with Crippen molar-refractivity contribution in [3.05, 3.63) is 35.3 Å². The molecule has 2 aliphatic rings. The van der Waals surface area contributed by atoms with Gasteiger partial charge in [-0.25, -0.2) is 0 Å². The van der Waals surface area contributed by atoms with Gasteiger partial charge in [-0.05, 0) is 39.3 Å². The van der Waals surface area contributed by atoms with E-state index in [1.807, 2.05) is 26.0 Å². The molecule has 2 saturated heterocycles. The Kier molecular flexibility index (Phi) is 7.50. The Hall–Kier alpha value is -1.79. The standard InChI is InChI=1S/C20H29N3O3.ClH/c1-4-14(2)10-22-11-16(18-8-7-15(3)26-18)17(12-22)21-19(24)13-23-9-5-6-20(23)25;/h4,7-8,16-17H,5-6,9-13H2,1-3H3,(H,21,24);1H/t16-,17-;/m0./s1. The first-order chi connectivity index (χ1) is 12.5. The van der Waals surface area contributed by atoms with E-state index < -0.39 is 0 Å². The van der Waals surface area contributed by atoms with Gasteiger partial charge in [0, 0.05) is 32.6 Å². The van der Waals surface area contributed by atoms with E-state index in [1.54, 1.807) is 4.90 Å². The molecule has 2 fully saturated rings.